The molecule has 3 amide bonds. The summed E-state index contributed by atoms with van der Waals surface area (Å²) >= 11 is 11.9. The number of ether oxygens (including phenoxy) is 1. The molecule has 0 saturated carbocycles. The van der Waals surface area contributed by atoms with Gasteiger partial charge < -0.3 is 20.7 Å². The molecular formula is C25H26Cl2F3N3O5. The van der Waals surface area contributed by atoms with E-state index in [1.807, 2.05) is 0 Å². The summed E-state index contributed by atoms with van der Waals surface area (Å²) in [5, 5.41) is 7.27. The summed E-state index contributed by atoms with van der Waals surface area (Å²) in [6.45, 7) is 4.01. The third-order valence-electron chi connectivity index (χ3n) is 5.44. The summed E-state index contributed by atoms with van der Waals surface area (Å²) in [7, 11) is 1.41. The quantitative estimate of drug-likeness (QED) is 0.392. The van der Waals surface area contributed by atoms with E-state index in [9.17, 15) is 32.3 Å². The Bertz CT molecular complexity index is 1190. The number of Topliss-reactive ketones (excluding diaryl/α,β-unsaturated/α-hetero) is 1. The van der Waals surface area contributed by atoms with Gasteiger partial charge in [-0.2, -0.15) is 13.2 Å². The minimum Gasteiger partial charge on any atom is -0.497 e. The van der Waals surface area contributed by atoms with E-state index in [0.29, 0.717) is 5.75 Å². The number of rotatable bonds is 10. The second-order valence-electron chi connectivity index (χ2n) is 8.63. The van der Waals surface area contributed by atoms with Crippen molar-refractivity contribution in [2.24, 2.45) is 5.92 Å². The van der Waals surface area contributed by atoms with Gasteiger partial charge in [0.25, 0.3) is 11.7 Å². The largest absolute Gasteiger partial charge is 0.497 e. The minimum absolute atomic E-state index is 0.00806. The average molecular weight is 576 g/mol. The van der Waals surface area contributed by atoms with Gasteiger partial charge in [0.1, 0.15) is 17.8 Å². The second-order valence-corrected chi connectivity index (χ2v) is 9.47. The Morgan fingerprint density at radius 2 is 1.47 bits per heavy atom. The summed E-state index contributed by atoms with van der Waals surface area (Å²) in [4.78, 5) is 50.6. The SMILES string of the molecule is COc1ccc([C@H](NC(=O)[C@H](C)NC(=O)c2cc(Cl)ccc2Cl)C(=O)N[C@H](C(=O)C(F)(F)F)C(C)C)cc1. The Morgan fingerprint density at radius 3 is 2.00 bits per heavy atom. The highest BCUT2D eigenvalue weighted by Gasteiger charge is 2.45. The van der Waals surface area contributed by atoms with Gasteiger partial charge in [0.15, 0.2) is 0 Å². The highest BCUT2D eigenvalue weighted by atomic mass is 35.5. The molecule has 2 aromatic rings. The fraction of sp³-hybridized carbons (Fsp3) is 0.360. The molecule has 0 aliphatic heterocycles. The lowest BCUT2D eigenvalue weighted by Crippen LogP contribution is -2.54. The molecule has 0 unspecified atom stereocenters. The van der Waals surface area contributed by atoms with Gasteiger partial charge in [0.05, 0.1) is 23.7 Å². The van der Waals surface area contributed by atoms with Gasteiger partial charge in [0.2, 0.25) is 11.8 Å². The predicted molar refractivity (Wildman–Crippen MR) is 135 cm³/mol. The monoisotopic (exact) mass is 575 g/mol. The van der Waals surface area contributed by atoms with Crippen LogP contribution in [0.2, 0.25) is 10.0 Å². The van der Waals surface area contributed by atoms with Crippen LogP contribution in [0.3, 0.4) is 0 Å². The zero-order valence-corrected chi connectivity index (χ0v) is 22.3. The van der Waals surface area contributed by atoms with Crippen LogP contribution in [0.5, 0.6) is 5.75 Å². The van der Waals surface area contributed by atoms with Crippen molar-refractivity contribution in [2.75, 3.05) is 7.11 Å². The zero-order valence-electron chi connectivity index (χ0n) is 20.8. The standard InChI is InChI=1S/C25H26Cl2F3N3O5/c1-12(2)19(21(34)25(28,29)30)32-24(37)20(14-5-8-16(38-4)9-6-14)33-22(35)13(3)31-23(36)17-11-15(26)7-10-18(17)27/h5-13,19-20H,1-4H3,(H,31,36)(H,32,37)(H,33,35)/t13-,19-,20-/m0/s1. The van der Waals surface area contributed by atoms with Crippen molar-refractivity contribution in [2.45, 2.75) is 45.1 Å². The third kappa shape index (κ3) is 8.09. The first kappa shape index (κ1) is 30.9. The van der Waals surface area contributed by atoms with Gasteiger partial charge in [0, 0.05) is 5.02 Å². The molecule has 0 saturated heterocycles. The molecule has 0 aliphatic rings. The highest BCUT2D eigenvalue weighted by Crippen LogP contribution is 2.24. The van der Waals surface area contributed by atoms with E-state index in [1.165, 1.54) is 70.3 Å². The molecule has 206 valence electrons. The molecule has 0 heterocycles. The average Bonchev–Trinajstić information content (AvgIpc) is 2.85. The molecule has 0 aromatic heterocycles. The fourth-order valence-corrected chi connectivity index (χ4v) is 3.70. The molecule has 38 heavy (non-hydrogen) atoms. The van der Waals surface area contributed by atoms with Gasteiger partial charge in [-0.25, -0.2) is 0 Å². The van der Waals surface area contributed by atoms with E-state index in [-0.39, 0.29) is 21.2 Å². The Hall–Kier alpha value is -3.31. The first-order valence-corrected chi connectivity index (χ1v) is 12.0. The van der Waals surface area contributed by atoms with Crippen LogP contribution < -0.4 is 20.7 Å². The number of hydrogen-bond donors (Lipinski definition) is 3. The molecule has 2 rings (SSSR count). The van der Waals surface area contributed by atoms with Gasteiger partial charge >= 0.3 is 6.18 Å². The van der Waals surface area contributed by atoms with Crippen LogP contribution in [-0.2, 0) is 14.4 Å². The Kier molecular flexibility index (Phi) is 10.5. The number of amides is 3. The Morgan fingerprint density at radius 1 is 0.868 bits per heavy atom. The van der Waals surface area contributed by atoms with E-state index in [0.717, 1.165) is 0 Å². The summed E-state index contributed by atoms with van der Waals surface area (Å²) in [6, 6.07) is 5.40. The van der Waals surface area contributed by atoms with Crippen molar-refractivity contribution in [1.82, 2.24) is 16.0 Å². The van der Waals surface area contributed by atoms with Crippen LogP contribution in [0.15, 0.2) is 42.5 Å². The minimum atomic E-state index is -5.18. The topological polar surface area (TPSA) is 114 Å². The fourth-order valence-electron chi connectivity index (χ4n) is 3.32. The number of hydrogen-bond acceptors (Lipinski definition) is 5. The number of carbonyl (C=O) groups is 4. The Labute approximate surface area is 227 Å². The van der Waals surface area contributed by atoms with E-state index in [4.69, 9.17) is 27.9 Å². The second kappa shape index (κ2) is 13.0. The number of ketones is 1. The van der Waals surface area contributed by atoms with Crippen LogP contribution >= 0.6 is 23.2 Å². The van der Waals surface area contributed by atoms with Crippen molar-refractivity contribution in [3.05, 3.63) is 63.6 Å². The summed E-state index contributed by atoms with van der Waals surface area (Å²) in [5.41, 5.74) is 0.198. The van der Waals surface area contributed by atoms with Gasteiger partial charge in [-0.05, 0) is 48.7 Å². The molecule has 2 aromatic carbocycles. The lowest BCUT2D eigenvalue weighted by atomic mass is 9.97. The maximum atomic E-state index is 13.1. The van der Waals surface area contributed by atoms with Crippen LogP contribution in [0.4, 0.5) is 13.2 Å². The van der Waals surface area contributed by atoms with Crippen molar-refractivity contribution in [3.63, 3.8) is 0 Å². The van der Waals surface area contributed by atoms with Crippen molar-refractivity contribution < 1.29 is 37.1 Å². The summed E-state index contributed by atoms with van der Waals surface area (Å²) < 4.78 is 44.4. The lowest BCUT2D eigenvalue weighted by molar-refractivity contribution is -0.175. The maximum absolute atomic E-state index is 13.1. The first-order chi connectivity index (χ1) is 17.6. The van der Waals surface area contributed by atoms with Crippen molar-refractivity contribution in [3.8, 4) is 5.75 Å². The van der Waals surface area contributed by atoms with Crippen LogP contribution in [0, 0.1) is 5.92 Å². The zero-order chi connectivity index (χ0) is 28.8. The normalized spacial score (nSPS) is 13.7. The molecule has 13 heteroatoms. The number of carbonyl (C=O) groups excluding carboxylic acids is 4. The van der Waals surface area contributed by atoms with Gasteiger partial charge in [-0.1, -0.05) is 49.2 Å². The number of nitrogens with one attached hydrogen (secondary N) is 3. The molecule has 3 atom stereocenters. The number of halogens is 5. The van der Waals surface area contributed by atoms with Crippen molar-refractivity contribution in [1.29, 1.82) is 0 Å². The third-order valence-corrected chi connectivity index (χ3v) is 6.00. The number of alkyl halides is 3. The lowest BCUT2D eigenvalue weighted by Gasteiger charge is -2.26. The first-order valence-electron chi connectivity index (χ1n) is 11.3. The maximum Gasteiger partial charge on any atom is 0.452 e. The number of methoxy groups -OCH3 is 1. The molecule has 0 fully saturated rings. The van der Waals surface area contributed by atoms with Crippen LogP contribution in [0.1, 0.15) is 42.7 Å². The van der Waals surface area contributed by atoms with E-state index in [2.05, 4.69) is 16.0 Å². The van der Waals surface area contributed by atoms with E-state index >= 15 is 0 Å². The van der Waals surface area contributed by atoms with Crippen LogP contribution in [0.25, 0.3) is 0 Å². The predicted octanol–water partition coefficient (Wildman–Crippen LogP) is 4.25. The molecular weight excluding hydrogens is 550 g/mol. The molecule has 0 bridgehead atoms. The molecule has 3 N–H and O–H groups in total. The van der Waals surface area contributed by atoms with Crippen LogP contribution in [-0.4, -0.2) is 48.9 Å². The molecule has 0 spiro atoms. The Balaban J connectivity index is 2.30. The molecule has 0 radical (unpaired) electrons. The van der Waals surface area contributed by atoms with E-state index < -0.39 is 53.7 Å². The summed E-state index contributed by atoms with van der Waals surface area (Å²) in [5.74, 6) is -5.22. The molecule has 0 aliphatic carbocycles. The van der Waals surface area contributed by atoms with Gasteiger partial charge in [-0.15, -0.1) is 0 Å². The van der Waals surface area contributed by atoms with Crippen molar-refractivity contribution >= 4 is 46.7 Å². The smallest absolute Gasteiger partial charge is 0.452 e. The number of benzene rings is 2. The summed E-state index contributed by atoms with van der Waals surface area (Å²) in [6.07, 6.45) is -5.18. The van der Waals surface area contributed by atoms with Gasteiger partial charge in [-0.3, -0.25) is 19.2 Å². The van der Waals surface area contributed by atoms with E-state index in [1.54, 1.807) is 0 Å². The molecule has 8 nitrogen and oxygen atoms in total. The highest BCUT2D eigenvalue weighted by molar-refractivity contribution is 6.35.